The SMILES string of the molecule is CCOC(=O)C1CCC(Oc2ccc(C(=O)CCCNC(=O)c3ccc(C)c(Cl)c3)cn2)CC1. The fourth-order valence-electron chi connectivity index (χ4n) is 3.89. The van der Waals surface area contributed by atoms with E-state index in [1.807, 2.05) is 13.8 Å². The van der Waals surface area contributed by atoms with E-state index in [-0.39, 0.29) is 29.7 Å². The summed E-state index contributed by atoms with van der Waals surface area (Å²) in [5.41, 5.74) is 1.92. The Kier molecular flexibility index (Phi) is 9.45. The summed E-state index contributed by atoms with van der Waals surface area (Å²) in [6.45, 7) is 4.48. The topological polar surface area (TPSA) is 94.6 Å². The molecule has 0 aliphatic heterocycles. The predicted octanol–water partition coefficient (Wildman–Crippen LogP) is 4.94. The van der Waals surface area contributed by atoms with Crippen LogP contribution in [-0.2, 0) is 9.53 Å². The minimum Gasteiger partial charge on any atom is -0.474 e. The normalized spacial score (nSPS) is 17.6. The van der Waals surface area contributed by atoms with Crippen molar-refractivity contribution in [3.05, 3.63) is 58.2 Å². The van der Waals surface area contributed by atoms with Crippen LogP contribution >= 0.6 is 11.6 Å². The van der Waals surface area contributed by atoms with E-state index in [0.717, 1.165) is 31.2 Å². The van der Waals surface area contributed by atoms with Crippen LogP contribution in [0.25, 0.3) is 0 Å². The molecule has 1 aromatic heterocycles. The van der Waals surface area contributed by atoms with E-state index < -0.39 is 0 Å². The highest BCUT2D eigenvalue weighted by molar-refractivity contribution is 6.31. The Morgan fingerprint density at radius 1 is 1.09 bits per heavy atom. The molecule has 1 saturated carbocycles. The van der Waals surface area contributed by atoms with Gasteiger partial charge in [0.05, 0.1) is 12.5 Å². The summed E-state index contributed by atoms with van der Waals surface area (Å²) >= 11 is 6.07. The third-order valence-electron chi connectivity index (χ3n) is 5.94. The third kappa shape index (κ3) is 7.29. The largest absolute Gasteiger partial charge is 0.474 e. The molecule has 34 heavy (non-hydrogen) atoms. The Morgan fingerprint density at radius 3 is 2.47 bits per heavy atom. The molecule has 1 aliphatic rings. The first kappa shape index (κ1) is 25.7. The van der Waals surface area contributed by atoms with Gasteiger partial charge in [-0.2, -0.15) is 0 Å². The predicted molar refractivity (Wildman–Crippen MR) is 129 cm³/mol. The quantitative estimate of drug-likeness (QED) is 0.290. The van der Waals surface area contributed by atoms with Crippen LogP contribution in [0.2, 0.25) is 5.02 Å². The zero-order chi connectivity index (χ0) is 24.5. The first-order valence-corrected chi connectivity index (χ1v) is 12.1. The third-order valence-corrected chi connectivity index (χ3v) is 6.35. The van der Waals surface area contributed by atoms with Gasteiger partial charge in [0.2, 0.25) is 5.88 Å². The number of carbonyl (C=O) groups is 3. The number of pyridine rings is 1. The Bertz CT molecular complexity index is 1000. The van der Waals surface area contributed by atoms with Gasteiger partial charge >= 0.3 is 5.97 Å². The van der Waals surface area contributed by atoms with Crippen molar-refractivity contribution in [3.63, 3.8) is 0 Å². The summed E-state index contributed by atoms with van der Waals surface area (Å²) in [4.78, 5) is 40.8. The van der Waals surface area contributed by atoms with E-state index in [0.29, 0.717) is 48.0 Å². The lowest BCUT2D eigenvalue weighted by molar-refractivity contribution is -0.149. The van der Waals surface area contributed by atoms with E-state index in [2.05, 4.69) is 10.3 Å². The van der Waals surface area contributed by atoms with Gasteiger partial charge in [-0.3, -0.25) is 14.4 Å². The lowest BCUT2D eigenvalue weighted by Gasteiger charge is -2.27. The zero-order valence-electron chi connectivity index (χ0n) is 19.6. The summed E-state index contributed by atoms with van der Waals surface area (Å²) < 4.78 is 11.0. The van der Waals surface area contributed by atoms with Gasteiger partial charge < -0.3 is 14.8 Å². The maximum Gasteiger partial charge on any atom is 0.308 e. The van der Waals surface area contributed by atoms with E-state index >= 15 is 0 Å². The smallest absolute Gasteiger partial charge is 0.308 e. The monoisotopic (exact) mass is 486 g/mol. The number of esters is 1. The van der Waals surface area contributed by atoms with Gasteiger partial charge in [0.15, 0.2) is 5.78 Å². The molecule has 0 saturated heterocycles. The van der Waals surface area contributed by atoms with Crippen LogP contribution in [-0.4, -0.2) is 41.9 Å². The van der Waals surface area contributed by atoms with E-state index in [9.17, 15) is 14.4 Å². The number of hydrogen-bond donors (Lipinski definition) is 1. The second kappa shape index (κ2) is 12.5. The van der Waals surface area contributed by atoms with Crippen molar-refractivity contribution >= 4 is 29.3 Å². The number of rotatable bonds is 10. The minimum atomic E-state index is -0.214. The fraction of sp³-hybridized carbons (Fsp3) is 0.462. The van der Waals surface area contributed by atoms with Crippen molar-refractivity contribution in [1.82, 2.24) is 10.3 Å². The lowest BCUT2D eigenvalue weighted by atomic mass is 9.87. The maximum absolute atomic E-state index is 12.4. The molecule has 1 aliphatic carbocycles. The zero-order valence-corrected chi connectivity index (χ0v) is 20.4. The number of amides is 1. The second-order valence-electron chi connectivity index (χ2n) is 8.48. The van der Waals surface area contributed by atoms with E-state index in [4.69, 9.17) is 21.1 Å². The van der Waals surface area contributed by atoms with E-state index in [1.165, 1.54) is 6.20 Å². The van der Waals surface area contributed by atoms with Crippen molar-refractivity contribution in [1.29, 1.82) is 0 Å². The molecule has 7 nitrogen and oxygen atoms in total. The van der Waals surface area contributed by atoms with Crippen molar-refractivity contribution in [3.8, 4) is 5.88 Å². The number of carbonyl (C=O) groups excluding carboxylic acids is 3. The maximum atomic E-state index is 12.4. The molecule has 1 fully saturated rings. The molecule has 1 heterocycles. The van der Waals surface area contributed by atoms with Crippen molar-refractivity contribution < 1.29 is 23.9 Å². The first-order chi connectivity index (χ1) is 16.4. The number of benzene rings is 1. The van der Waals surface area contributed by atoms with Crippen LogP contribution in [0.1, 0.15) is 71.7 Å². The molecule has 1 amide bonds. The van der Waals surface area contributed by atoms with Crippen LogP contribution in [0, 0.1) is 12.8 Å². The van der Waals surface area contributed by atoms with Gasteiger partial charge in [-0.25, -0.2) is 4.98 Å². The van der Waals surface area contributed by atoms with Crippen molar-refractivity contribution in [2.45, 2.75) is 58.5 Å². The summed E-state index contributed by atoms with van der Waals surface area (Å²) in [6, 6.07) is 8.58. The lowest BCUT2D eigenvalue weighted by Crippen LogP contribution is -2.29. The average Bonchev–Trinajstić information content (AvgIpc) is 2.84. The number of nitrogens with zero attached hydrogens (tertiary/aromatic N) is 1. The standard InChI is InChI=1S/C26H31ClN2O5/c1-3-33-26(32)18-8-11-21(12-9-18)34-24-13-10-20(16-29-24)23(30)5-4-14-28-25(31)19-7-6-17(2)22(27)15-19/h6-7,10,13,15-16,18,21H,3-5,8-9,11-12,14H2,1-2H3,(H,28,31). The van der Waals surface area contributed by atoms with Gasteiger partial charge in [-0.15, -0.1) is 0 Å². The molecular formula is C26H31ClN2O5. The van der Waals surface area contributed by atoms with Gasteiger partial charge in [0, 0.05) is 41.4 Å². The molecule has 0 radical (unpaired) electrons. The van der Waals surface area contributed by atoms with Crippen LogP contribution in [0.4, 0.5) is 0 Å². The molecule has 182 valence electrons. The number of halogens is 1. The molecule has 8 heteroatoms. The number of aromatic nitrogens is 1. The number of ketones is 1. The molecule has 0 spiro atoms. The Hall–Kier alpha value is -2.93. The van der Waals surface area contributed by atoms with Crippen LogP contribution in [0.3, 0.4) is 0 Å². The molecule has 2 aromatic rings. The molecule has 3 rings (SSSR count). The second-order valence-corrected chi connectivity index (χ2v) is 8.88. The summed E-state index contributed by atoms with van der Waals surface area (Å²) in [5.74, 6) is 0.0453. The van der Waals surface area contributed by atoms with Gasteiger partial charge in [-0.1, -0.05) is 17.7 Å². The molecule has 0 atom stereocenters. The molecule has 0 unspecified atom stereocenters. The Labute approximate surface area is 205 Å². The number of ether oxygens (including phenoxy) is 2. The highest BCUT2D eigenvalue weighted by atomic mass is 35.5. The molecule has 1 aromatic carbocycles. The van der Waals surface area contributed by atoms with Crippen molar-refractivity contribution in [2.75, 3.05) is 13.2 Å². The first-order valence-electron chi connectivity index (χ1n) is 11.7. The summed E-state index contributed by atoms with van der Waals surface area (Å²) in [5, 5.41) is 3.36. The highest BCUT2D eigenvalue weighted by Gasteiger charge is 2.28. The van der Waals surface area contributed by atoms with Crippen LogP contribution in [0.5, 0.6) is 5.88 Å². The Balaban J connectivity index is 1.38. The van der Waals surface area contributed by atoms with Gasteiger partial charge in [0.1, 0.15) is 6.10 Å². The number of hydrogen-bond acceptors (Lipinski definition) is 6. The van der Waals surface area contributed by atoms with Crippen LogP contribution in [0.15, 0.2) is 36.5 Å². The van der Waals surface area contributed by atoms with E-state index in [1.54, 1.807) is 30.3 Å². The summed E-state index contributed by atoms with van der Waals surface area (Å²) in [6.07, 6.45) is 5.38. The number of Topliss-reactive ketones (excluding diaryl/α,β-unsaturated/α-hetero) is 1. The van der Waals surface area contributed by atoms with Crippen LogP contribution < -0.4 is 10.1 Å². The molecule has 0 bridgehead atoms. The van der Waals surface area contributed by atoms with Crippen molar-refractivity contribution in [2.24, 2.45) is 5.92 Å². The molecular weight excluding hydrogens is 456 g/mol. The fourth-order valence-corrected chi connectivity index (χ4v) is 4.07. The van der Waals surface area contributed by atoms with Gasteiger partial charge in [0.25, 0.3) is 5.91 Å². The van der Waals surface area contributed by atoms with Gasteiger partial charge in [-0.05, 0) is 69.7 Å². The average molecular weight is 487 g/mol. The minimum absolute atomic E-state index is 0.00625. The summed E-state index contributed by atoms with van der Waals surface area (Å²) in [7, 11) is 0. The number of nitrogens with one attached hydrogen (secondary N) is 1. The Morgan fingerprint density at radius 2 is 1.82 bits per heavy atom. The molecule has 1 N–H and O–H groups in total. The highest BCUT2D eigenvalue weighted by Crippen LogP contribution is 2.28. The number of aryl methyl sites for hydroxylation is 1.